The van der Waals surface area contributed by atoms with Crippen LogP contribution in [0.15, 0.2) is 16.6 Å². The molecule has 0 aliphatic carbocycles. The maximum Gasteiger partial charge on any atom is 0.407 e. The minimum Gasteiger partial charge on any atom is -0.477 e. The fourth-order valence-corrected chi connectivity index (χ4v) is 3.58. The first-order valence-corrected chi connectivity index (χ1v) is 8.75. The van der Waals surface area contributed by atoms with Crippen LogP contribution < -0.4 is 4.74 Å². The Kier molecular flexibility index (Phi) is 5.12. The number of ether oxygens (including phenoxy) is 1. The molecule has 25 heavy (non-hydrogen) atoms. The minimum atomic E-state index is -0.958. The second-order valence-corrected chi connectivity index (χ2v) is 6.98. The number of benzene rings is 1. The topological polar surface area (TPSA) is 70.1 Å². The SMILES string of the molecule is O=C(O)N1CCC(N2CCC(Oc3cc(F)c(Br)cc3F)C2=O)CC1. The van der Waals surface area contributed by atoms with E-state index >= 15 is 0 Å². The number of rotatable bonds is 3. The van der Waals surface area contributed by atoms with Gasteiger partial charge in [0.15, 0.2) is 17.7 Å². The summed E-state index contributed by atoms with van der Waals surface area (Å²) in [5, 5.41) is 8.97. The average molecular weight is 419 g/mol. The number of carboxylic acid groups (broad SMARTS) is 1. The molecule has 2 aliphatic heterocycles. The second-order valence-electron chi connectivity index (χ2n) is 6.12. The Morgan fingerprint density at radius 2 is 1.84 bits per heavy atom. The molecule has 2 amide bonds. The Labute approximate surface area is 151 Å². The monoisotopic (exact) mass is 418 g/mol. The Hall–Kier alpha value is -1.90. The summed E-state index contributed by atoms with van der Waals surface area (Å²) in [5.41, 5.74) is 0. The first kappa shape index (κ1) is 17.9. The minimum absolute atomic E-state index is 0.0121. The van der Waals surface area contributed by atoms with Crippen LogP contribution in [0.1, 0.15) is 19.3 Å². The van der Waals surface area contributed by atoms with E-state index in [4.69, 9.17) is 9.84 Å². The molecular formula is C16H17BrF2N2O4. The van der Waals surface area contributed by atoms with Gasteiger partial charge in [-0.25, -0.2) is 13.6 Å². The Balaban J connectivity index is 1.63. The highest BCUT2D eigenvalue weighted by atomic mass is 79.9. The smallest absolute Gasteiger partial charge is 0.407 e. The molecule has 1 N–H and O–H groups in total. The van der Waals surface area contributed by atoms with Crippen LogP contribution in [-0.4, -0.2) is 58.7 Å². The summed E-state index contributed by atoms with van der Waals surface area (Å²) in [6.07, 6.45) is -0.305. The number of hydrogen-bond donors (Lipinski definition) is 1. The zero-order valence-electron chi connectivity index (χ0n) is 13.3. The Morgan fingerprint density at radius 3 is 2.48 bits per heavy atom. The van der Waals surface area contributed by atoms with Crippen molar-refractivity contribution in [2.24, 2.45) is 0 Å². The third kappa shape index (κ3) is 3.70. The van der Waals surface area contributed by atoms with Gasteiger partial charge in [0.1, 0.15) is 5.82 Å². The lowest BCUT2D eigenvalue weighted by Gasteiger charge is -2.35. The third-order valence-electron chi connectivity index (χ3n) is 4.61. The summed E-state index contributed by atoms with van der Waals surface area (Å²) < 4.78 is 32.8. The molecule has 1 atom stereocenters. The normalized spacial score (nSPS) is 21.7. The van der Waals surface area contributed by atoms with Gasteiger partial charge < -0.3 is 19.6 Å². The molecule has 9 heteroatoms. The number of amides is 2. The van der Waals surface area contributed by atoms with Gasteiger partial charge in [0.05, 0.1) is 4.47 Å². The molecule has 0 saturated carbocycles. The highest BCUT2D eigenvalue weighted by Crippen LogP contribution is 2.29. The van der Waals surface area contributed by atoms with E-state index in [1.165, 1.54) is 4.90 Å². The van der Waals surface area contributed by atoms with E-state index in [0.29, 0.717) is 38.9 Å². The maximum absolute atomic E-state index is 13.9. The molecule has 6 nitrogen and oxygen atoms in total. The predicted molar refractivity (Wildman–Crippen MR) is 87.4 cm³/mol. The van der Waals surface area contributed by atoms with Crippen LogP contribution in [0.2, 0.25) is 0 Å². The van der Waals surface area contributed by atoms with Crippen LogP contribution in [0.4, 0.5) is 13.6 Å². The fourth-order valence-electron chi connectivity index (χ4n) is 3.26. The summed E-state index contributed by atoms with van der Waals surface area (Å²) >= 11 is 2.89. The summed E-state index contributed by atoms with van der Waals surface area (Å²) in [6, 6.07) is 1.83. The van der Waals surface area contributed by atoms with Crippen LogP contribution in [-0.2, 0) is 4.79 Å². The first-order chi connectivity index (χ1) is 11.9. The second kappa shape index (κ2) is 7.15. The molecule has 1 aromatic rings. The average Bonchev–Trinajstić information content (AvgIpc) is 2.93. The summed E-state index contributed by atoms with van der Waals surface area (Å²) in [5.74, 6) is -1.97. The number of hydrogen-bond acceptors (Lipinski definition) is 3. The standard InChI is InChI=1S/C16H17BrF2N2O4/c17-10-7-12(19)14(8-11(10)18)25-13-3-6-21(15(13)22)9-1-4-20(5-2-9)16(23)24/h7-9,13H,1-6H2,(H,23,24). The van der Waals surface area contributed by atoms with Gasteiger partial charge in [0.2, 0.25) is 0 Å². The zero-order valence-corrected chi connectivity index (χ0v) is 14.8. The van der Waals surface area contributed by atoms with Crippen LogP contribution in [0.3, 0.4) is 0 Å². The lowest BCUT2D eigenvalue weighted by molar-refractivity contribution is -0.136. The molecule has 2 heterocycles. The van der Waals surface area contributed by atoms with Crippen LogP contribution >= 0.6 is 15.9 Å². The van der Waals surface area contributed by atoms with Crippen molar-refractivity contribution in [1.82, 2.24) is 9.80 Å². The van der Waals surface area contributed by atoms with Gasteiger partial charge in [0, 0.05) is 38.2 Å². The van der Waals surface area contributed by atoms with Gasteiger partial charge in [-0.2, -0.15) is 0 Å². The molecule has 2 fully saturated rings. The van der Waals surface area contributed by atoms with Crippen molar-refractivity contribution in [3.8, 4) is 5.75 Å². The van der Waals surface area contributed by atoms with Gasteiger partial charge >= 0.3 is 6.09 Å². The summed E-state index contributed by atoms with van der Waals surface area (Å²) in [6.45, 7) is 1.21. The van der Waals surface area contributed by atoms with Gasteiger partial charge in [-0.05, 0) is 34.8 Å². The molecule has 136 valence electrons. The predicted octanol–water partition coefficient (Wildman–Crippen LogP) is 2.85. The quantitative estimate of drug-likeness (QED) is 0.766. The van der Waals surface area contributed by atoms with E-state index in [9.17, 15) is 18.4 Å². The summed E-state index contributed by atoms with van der Waals surface area (Å²) in [4.78, 5) is 26.5. The lowest BCUT2D eigenvalue weighted by Crippen LogP contribution is -2.48. The van der Waals surface area contributed by atoms with Crippen molar-refractivity contribution in [3.05, 3.63) is 28.2 Å². The van der Waals surface area contributed by atoms with Gasteiger partial charge in [0.25, 0.3) is 5.91 Å². The lowest BCUT2D eigenvalue weighted by atomic mass is 10.0. The van der Waals surface area contributed by atoms with Crippen LogP contribution in [0.5, 0.6) is 5.75 Å². The fraction of sp³-hybridized carbons (Fsp3) is 0.500. The first-order valence-electron chi connectivity index (χ1n) is 7.96. The number of halogens is 3. The van der Waals surface area contributed by atoms with Gasteiger partial charge in [-0.15, -0.1) is 0 Å². The number of carbonyl (C=O) groups is 2. The largest absolute Gasteiger partial charge is 0.477 e. The summed E-state index contributed by atoms with van der Waals surface area (Å²) in [7, 11) is 0. The van der Waals surface area contributed by atoms with E-state index in [2.05, 4.69) is 15.9 Å². The highest BCUT2D eigenvalue weighted by Gasteiger charge is 2.39. The number of piperidine rings is 1. The van der Waals surface area contributed by atoms with Crippen molar-refractivity contribution in [1.29, 1.82) is 0 Å². The zero-order chi connectivity index (χ0) is 18.1. The molecule has 1 aromatic carbocycles. The van der Waals surface area contributed by atoms with Crippen molar-refractivity contribution in [2.75, 3.05) is 19.6 Å². The molecule has 0 radical (unpaired) electrons. The molecule has 2 saturated heterocycles. The molecule has 3 rings (SSSR count). The van der Waals surface area contributed by atoms with E-state index in [-0.39, 0.29) is 22.2 Å². The van der Waals surface area contributed by atoms with E-state index < -0.39 is 23.8 Å². The van der Waals surface area contributed by atoms with E-state index in [1.54, 1.807) is 4.90 Å². The van der Waals surface area contributed by atoms with Crippen molar-refractivity contribution in [2.45, 2.75) is 31.4 Å². The van der Waals surface area contributed by atoms with E-state index in [1.807, 2.05) is 0 Å². The van der Waals surface area contributed by atoms with Crippen molar-refractivity contribution in [3.63, 3.8) is 0 Å². The van der Waals surface area contributed by atoms with Crippen LogP contribution in [0.25, 0.3) is 0 Å². The maximum atomic E-state index is 13.9. The van der Waals surface area contributed by atoms with E-state index in [0.717, 1.165) is 12.1 Å². The Morgan fingerprint density at radius 1 is 1.16 bits per heavy atom. The molecular weight excluding hydrogens is 402 g/mol. The molecule has 2 aliphatic rings. The molecule has 0 bridgehead atoms. The highest BCUT2D eigenvalue weighted by molar-refractivity contribution is 9.10. The third-order valence-corrected chi connectivity index (χ3v) is 5.22. The molecule has 0 spiro atoms. The molecule has 1 unspecified atom stereocenters. The number of nitrogens with zero attached hydrogens (tertiary/aromatic N) is 2. The van der Waals surface area contributed by atoms with Crippen molar-refractivity contribution < 1.29 is 28.2 Å². The molecule has 0 aromatic heterocycles. The van der Waals surface area contributed by atoms with Gasteiger partial charge in [-0.1, -0.05) is 0 Å². The van der Waals surface area contributed by atoms with Gasteiger partial charge in [-0.3, -0.25) is 4.79 Å². The number of carbonyl (C=O) groups excluding carboxylic acids is 1. The Bertz CT molecular complexity index is 695. The number of likely N-dealkylation sites (tertiary alicyclic amines) is 2. The van der Waals surface area contributed by atoms with Crippen LogP contribution in [0, 0.1) is 11.6 Å². The van der Waals surface area contributed by atoms with Crippen molar-refractivity contribution >= 4 is 27.9 Å².